The third-order valence-corrected chi connectivity index (χ3v) is 3.73. The predicted molar refractivity (Wildman–Crippen MR) is 79.9 cm³/mol. The molecule has 0 aliphatic carbocycles. The minimum absolute atomic E-state index is 0.974. The van der Waals surface area contributed by atoms with E-state index in [4.69, 9.17) is 4.74 Å². The highest BCUT2D eigenvalue weighted by atomic mass is 16.5. The van der Waals surface area contributed by atoms with E-state index in [2.05, 4.69) is 53.4 Å². The minimum Gasteiger partial charge on any atom is -0.495 e. The van der Waals surface area contributed by atoms with Crippen molar-refractivity contribution in [2.75, 3.05) is 25.1 Å². The lowest BCUT2D eigenvalue weighted by Crippen LogP contribution is -2.18. The Morgan fingerprint density at radius 2 is 1.63 bits per heavy atom. The van der Waals surface area contributed by atoms with Gasteiger partial charge in [0.2, 0.25) is 0 Å². The molecule has 0 radical (unpaired) electrons. The Balaban J connectivity index is 2.01. The van der Waals surface area contributed by atoms with Gasteiger partial charge >= 0.3 is 0 Å². The summed E-state index contributed by atoms with van der Waals surface area (Å²) in [5.41, 5.74) is 3.73. The monoisotopic (exact) mass is 253 g/mol. The van der Waals surface area contributed by atoms with Crippen LogP contribution in [0.2, 0.25) is 0 Å². The lowest BCUT2D eigenvalue weighted by atomic mass is 10.0. The second-order valence-corrected chi connectivity index (χ2v) is 4.95. The van der Waals surface area contributed by atoms with Crippen LogP contribution in [0.25, 0.3) is 11.1 Å². The number of anilines is 1. The van der Waals surface area contributed by atoms with Gasteiger partial charge in [-0.25, -0.2) is 0 Å². The SMILES string of the molecule is COc1ccc(-c2ccccc2)cc1N1CCCC1. The fourth-order valence-corrected chi connectivity index (χ4v) is 2.71. The number of benzene rings is 2. The Bertz CT molecular complexity index is 544. The molecule has 0 aromatic heterocycles. The summed E-state index contributed by atoms with van der Waals surface area (Å²) in [6, 6.07) is 17.0. The smallest absolute Gasteiger partial charge is 0.142 e. The van der Waals surface area contributed by atoms with Gasteiger partial charge in [0, 0.05) is 13.1 Å². The molecule has 1 saturated heterocycles. The van der Waals surface area contributed by atoms with Crippen LogP contribution in [0.3, 0.4) is 0 Å². The Labute approximate surface area is 114 Å². The molecule has 2 aromatic rings. The third-order valence-electron chi connectivity index (χ3n) is 3.73. The van der Waals surface area contributed by atoms with Crippen LogP contribution in [-0.4, -0.2) is 20.2 Å². The van der Waals surface area contributed by atoms with Crippen LogP contribution in [0.15, 0.2) is 48.5 Å². The van der Waals surface area contributed by atoms with Crippen molar-refractivity contribution in [3.05, 3.63) is 48.5 Å². The lowest BCUT2D eigenvalue weighted by molar-refractivity contribution is 0.415. The number of methoxy groups -OCH3 is 1. The van der Waals surface area contributed by atoms with Gasteiger partial charge in [-0.2, -0.15) is 0 Å². The van der Waals surface area contributed by atoms with Crippen LogP contribution in [-0.2, 0) is 0 Å². The molecule has 1 fully saturated rings. The Morgan fingerprint density at radius 1 is 0.895 bits per heavy atom. The summed E-state index contributed by atoms with van der Waals surface area (Å²) >= 11 is 0. The van der Waals surface area contributed by atoms with Crippen molar-refractivity contribution >= 4 is 5.69 Å². The Kier molecular flexibility index (Phi) is 3.41. The first-order chi connectivity index (χ1) is 9.38. The normalized spacial score (nSPS) is 14.7. The van der Waals surface area contributed by atoms with Crippen LogP contribution >= 0.6 is 0 Å². The summed E-state index contributed by atoms with van der Waals surface area (Å²) in [4.78, 5) is 2.42. The quantitative estimate of drug-likeness (QED) is 0.821. The Morgan fingerprint density at radius 3 is 2.32 bits per heavy atom. The van der Waals surface area contributed by atoms with Crippen molar-refractivity contribution in [1.29, 1.82) is 0 Å². The number of ether oxygens (including phenoxy) is 1. The summed E-state index contributed by atoms with van der Waals surface area (Å²) in [6.45, 7) is 2.27. The molecule has 0 saturated carbocycles. The van der Waals surface area contributed by atoms with E-state index in [0.29, 0.717) is 0 Å². The van der Waals surface area contributed by atoms with E-state index in [1.807, 2.05) is 0 Å². The largest absolute Gasteiger partial charge is 0.495 e. The summed E-state index contributed by atoms with van der Waals surface area (Å²) in [7, 11) is 1.75. The standard InChI is InChI=1S/C17H19NO/c1-19-17-10-9-15(14-7-3-2-4-8-14)13-16(17)18-11-5-6-12-18/h2-4,7-10,13H,5-6,11-12H2,1H3. The van der Waals surface area contributed by atoms with Crippen LogP contribution in [0.4, 0.5) is 5.69 Å². The van der Waals surface area contributed by atoms with Crippen LogP contribution in [0.5, 0.6) is 5.75 Å². The first kappa shape index (κ1) is 12.1. The average Bonchev–Trinajstić information content (AvgIpc) is 3.01. The van der Waals surface area contributed by atoms with E-state index >= 15 is 0 Å². The molecular weight excluding hydrogens is 234 g/mol. The van der Waals surface area contributed by atoms with E-state index in [0.717, 1.165) is 18.8 Å². The van der Waals surface area contributed by atoms with Gasteiger partial charge in [0.15, 0.2) is 0 Å². The molecule has 3 rings (SSSR count). The van der Waals surface area contributed by atoms with Crippen LogP contribution in [0, 0.1) is 0 Å². The average molecular weight is 253 g/mol. The van der Waals surface area contributed by atoms with Crippen LogP contribution in [0.1, 0.15) is 12.8 Å². The number of nitrogens with zero attached hydrogens (tertiary/aromatic N) is 1. The molecule has 98 valence electrons. The number of hydrogen-bond acceptors (Lipinski definition) is 2. The van der Waals surface area contributed by atoms with Crippen molar-refractivity contribution in [1.82, 2.24) is 0 Å². The molecule has 1 aliphatic rings. The lowest BCUT2D eigenvalue weighted by Gasteiger charge is -2.21. The van der Waals surface area contributed by atoms with E-state index in [1.165, 1.54) is 29.7 Å². The molecule has 0 N–H and O–H groups in total. The molecule has 0 bridgehead atoms. The van der Waals surface area contributed by atoms with E-state index in [1.54, 1.807) is 7.11 Å². The predicted octanol–water partition coefficient (Wildman–Crippen LogP) is 3.96. The highest BCUT2D eigenvalue weighted by molar-refractivity contribution is 5.72. The summed E-state index contributed by atoms with van der Waals surface area (Å²) in [5, 5.41) is 0. The molecule has 1 heterocycles. The molecule has 19 heavy (non-hydrogen) atoms. The maximum atomic E-state index is 5.51. The minimum atomic E-state index is 0.974. The van der Waals surface area contributed by atoms with Gasteiger partial charge in [-0.3, -0.25) is 0 Å². The van der Waals surface area contributed by atoms with Crippen molar-refractivity contribution in [2.24, 2.45) is 0 Å². The molecule has 2 nitrogen and oxygen atoms in total. The van der Waals surface area contributed by atoms with Crippen molar-refractivity contribution < 1.29 is 4.74 Å². The van der Waals surface area contributed by atoms with Crippen molar-refractivity contribution in [2.45, 2.75) is 12.8 Å². The van der Waals surface area contributed by atoms with Gasteiger partial charge in [-0.05, 0) is 36.1 Å². The molecule has 0 spiro atoms. The first-order valence-electron chi connectivity index (χ1n) is 6.87. The summed E-state index contributed by atoms with van der Waals surface area (Å²) in [6.07, 6.45) is 2.55. The van der Waals surface area contributed by atoms with E-state index < -0.39 is 0 Å². The topological polar surface area (TPSA) is 12.5 Å². The third kappa shape index (κ3) is 2.43. The van der Waals surface area contributed by atoms with Gasteiger partial charge in [-0.1, -0.05) is 36.4 Å². The van der Waals surface area contributed by atoms with Gasteiger partial charge in [0.1, 0.15) is 5.75 Å². The zero-order valence-electron chi connectivity index (χ0n) is 11.3. The molecule has 0 amide bonds. The van der Waals surface area contributed by atoms with Crippen molar-refractivity contribution in [3.63, 3.8) is 0 Å². The van der Waals surface area contributed by atoms with Gasteiger partial charge in [0.05, 0.1) is 12.8 Å². The molecule has 1 aliphatic heterocycles. The highest BCUT2D eigenvalue weighted by Crippen LogP contribution is 2.34. The molecule has 2 heteroatoms. The van der Waals surface area contributed by atoms with Gasteiger partial charge < -0.3 is 9.64 Å². The fraction of sp³-hybridized carbons (Fsp3) is 0.294. The van der Waals surface area contributed by atoms with Crippen molar-refractivity contribution in [3.8, 4) is 16.9 Å². The maximum absolute atomic E-state index is 5.51. The Hall–Kier alpha value is -1.96. The molecular formula is C17H19NO. The zero-order chi connectivity index (χ0) is 13.1. The maximum Gasteiger partial charge on any atom is 0.142 e. The van der Waals surface area contributed by atoms with E-state index in [9.17, 15) is 0 Å². The summed E-state index contributed by atoms with van der Waals surface area (Å²) in [5.74, 6) is 0.974. The number of rotatable bonds is 3. The second-order valence-electron chi connectivity index (χ2n) is 4.95. The fourth-order valence-electron chi connectivity index (χ4n) is 2.71. The second kappa shape index (κ2) is 5.35. The highest BCUT2D eigenvalue weighted by Gasteiger charge is 2.17. The van der Waals surface area contributed by atoms with Gasteiger partial charge in [0.25, 0.3) is 0 Å². The zero-order valence-corrected chi connectivity index (χ0v) is 11.3. The molecule has 0 atom stereocenters. The van der Waals surface area contributed by atoms with Crippen LogP contribution < -0.4 is 9.64 Å². The van der Waals surface area contributed by atoms with E-state index in [-0.39, 0.29) is 0 Å². The summed E-state index contributed by atoms with van der Waals surface area (Å²) < 4.78 is 5.51. The molecule has 2 aromatic carbocycles. The first-order valence-corrected chi connectivity index (χ1v) is 6.87. The van der Waals surface area contributed by atoms with Gasteiger partial charge in [-0.15, -0.1) is 0 Å². The number of hydrogen-bond donors (Lipinski definition) is 0. The molecule has 0 unspecified atom stereocenters.